The molecular formula is C53H94N4O9. The minimum absolute atomic E-state index is 0.0180. The average Bonchev–Trinajstić information content (AvgIpc) is 3.29. The van der Waals surface area contributed by atoms with Crippen LogP contribution in [0.5, 0.6) is 0 Å². The van der Waals surface area contributed by atoms with E-state index in [1.807, 2.05) is 44.2 Å². The summed E-state index contributed by atoms with van der Waals surface area (Å²) in [5.41, 5.74) is 7.64. The molecule has 13 nitrogen and oxygen atoms in total. The lowest BCUT2D eigenvalue weighted by atomic mass is 9.89. The van der Waals surface area contributed by atoms with Crippen LogP contribution in [-0.2, 0) is 30.5 Å². The van der Waals surface area contributed by atoms with E-state index in [-0.39, 0.29) is 37.8 Å². The first-order chi connectivity index (χ1) is 31.7. The van der Waals surface area contributed by atoms with Crippen molar-refractivity contribution in [1.82, 2.24) is 15.5 Å². The molecule has 0 radical (unpaired) electrons. The molecule has 0 aliphatic carbocycles. The number of hydrogen-bond donors (Lipinski definition) is 6. The fourth-order valence-electron chi connectivity index (χ4n) is 8.84. The second kappa shape index (κ2) is 35.1. The summed E-state index contributed by atoms with van der Waals surface area (Å²) in [5.74, 6) is -3.69. The number of aliphatic hydroxyl groups excluding tert-OH is 3. The summed E-state index contributed by atoms with van der Waals surface area (Å²) in [6, 6.07) is 7.03. The van der Waals surface area contributed by atoms with E-state index in [1.165, 1.54) is 115 Å². The Bertz CT molecular complexity index is 1450. The maximum Gasteiger partial charge on any atom is 0.408 e. The molecule has 1 saturated heterocycles. The molecule has 2 rings (SSSR count). The molecule has 1 aromatic rings. The lowest BCUT2D eigenvalue weighted by molar-refractivity contribution is -0.309. The Morgan fingerprint density at radius 1 is 0.682 bits per heavy atom. The smallest absolute Gasteiger partial charge is 0.408 e. The Hall–Kier alpha value is -3.10. The number of carbonyl (C=O) groups is 4. The zero-order chi connectivity index (χ0) is 48.6. The van der Waals surface area contributed by atoms with Gasteiger partial charge >= 0.3 is 6.09 Å². The van der Waals surface area contributed by atoms with Gasteiger partial charge in [0.1, 0.15) is 31.0 Å². The van der Waals surface area contributed by atoms with E-state index in [0.29, 0.717) is 12.8 Å². The zero-order valence-corrected chi connectivity index (χ0v) is 42.0. The molecule has 13 heteroatoms. The predicted molar refractivity (Wildman–Crippen MR) is 263 cm³/mol. The number of aliphatic hydroxyl groups is 3. The van der Waals surface area contributed by atoms with Crippen molar-refractivity contribution in [2.24, 2.45) is 11.7 Å². The van der Waals surface area contributed by atoms with Crippen molar-refractivity contribution < 1.29 is 44.0 Å². The molecular weight excluding hydrogens is 837 g/mol. The Morgan fingerprint density at radius 3 is 1.64 bits per heavy atom. The second-order valence-corrected chi connectivity index (χ2v) is 19.6. The maximum atomic E-state index is 14.1. The number of nitrogens with two attached hydrogens (primary N) is 1. The van der Waals surface area contributed by atoms with Crippen LogP contribution in [0, 0.1) is 5.92 Å². The molecule has 7 N–H and O–H groups in total. The lowest BCUT2D eigenvalue weighted by Crippen LogP contribution is -2.76. The SMILES string of the molecule is CCCCCCCCCCCCCCCCCCN(C(=O)CCCCCCCCCCC)[C@]1(N)O[C@H](CC(=O)[C@H](CC(C)C)NC(=O)[C@@H](C)NC(=O)OCc2ccccc2)[C@@H](O)[C@H](O)[C@H]1O. The van der Waals surface area contributed by atoms with Crippen molar-refractivity contribution in [2.45, 2.75) is 263 Å². The summed E-state index contributed by atoms with van der Waals surface area (Å²) >= 11 is 0. The molecule has 1 heterocycles. The molecule has 0 unspecified atom stereocenters. The number of hydrogen-bond acceptors (Lipinski definition) is 10. The van der Waals surface area contributed by atoms with Crippen LogP contribution in [0.1, 0.15) is 220 Å². The van der Waals surface area contributed by atoms with E-state index in [2.05, 4.69) is 24.5 Å². The number of Topliss-reactive ketones (excluding diaryl/α,β-unsaturated/α-hetero) is 1. The molecule has 1 fully saturated rings. The van der Waals surface area contributed by atoms with Crippen molar-refractivity contribution in [2.75, 3.05) is 6.54 Å². The van der Waals surface area contributed by atoms with Crippen molar-refractivity contribution >= 4 is 23.7 Å². The van der Waals surface area contributed by atoms with E-state index < -0.39 is 66.6 Å². The highest BCUT2D eigenvalue weighted by Crippen LogP contribution is 2.33. The summed E-state index contributed by atoms with van der Waals surface area (Å²) < 4.78 is 11.5. The molecule has 0 spiro atoms. The van der Waals surface area contributed by atoms with Gasteiger partial charge in [-0.05, 0) is 37.7 Å². The van der Waals surface area contributed by atoms with E-state index in [0.717, 1.165) is 50.5 Å². The van der Waals surface area contributed by atoms with Gasteiger partial charge in [0.2, 0.25) is 17.7 Å². The van der Waals surface area contributed by atoms with Crippen LogP contribution in [-0.4, -0.2) is 92.8 Å². The van der Waals surface area contributed by atoms with Gasteiger partial charge in [-0.2, -0.15) is 0 Å². The Kier molecular flexibility index (Phi) is 31.4. The molecule has 7 atom stereocenters. The molecule has 1 aromatic carbocycles. The Labute approximate surface area is 399 Å². The number of nitrogens with zero attached hydrogens (tertiary/aromatic N) is 1. The summed E-state index contributed by atoms with van der Waals surface area (Å²) in [4.78, 5) is 55.2. The largest absolute Gasteiger partial charge is 0.445 e. The zero-order valence-electron chi connectivity index (χ0n) is 42.0. The third-order valence-electron chi connectivity index (χ3n) is 13.0. The van der Waals surface area contributed by atoms with Crippen LogP contribution in [0.15, 0.2) is 30.3 Å². The Balaban J connectivity index is 2.05. The number of ketones is 1. The molecule has 1 aliphatic rings. The summed E-state index contributed by atoms with van der Waals surface area (Å²) in [6.07, 6.45) is 21.3. The van der Waals surface area contributed by atoms with Crippen LogP contribution >= 0.6 is 0 Å². The number of rotatable bonds is 38. The number of unbranched alkanes of at least 4 members (excludes halogenated alkanes) is 23. The van der Waals surface area contributed by atoms with Gasteiger partial charge in [0.05, 0.1) is 12.1 Å². The van der Waals surface area contributed by atoms with Gasteiger partial charge in [0.15, 0.2) is 5.78 Å². The summed E-state index contributed by atoms with van der Waals surface area (Å²) in [6.45, 7) is 9.91. The minimum Gasteiger partial charge on any atom is -0.445 e. The number of ether oxygens (including phenoxy) is 2. The fourth-order valence-corrected chi connectivity index (χ4v) is 8.84. The van der Waals surface area contributed by atoms with E-state index in [9.17, 15) is 34.5 Å². The van der Waals surface area contributed by atoms with Crippen LogP contribution in [0.2, 0.25) is 0 Å². The van der Waals surface area contributed by atoms with Crippen molar-refractivity contribution in [3.63, 3.8) is 0 Å². The first kappa shape index (κ1) is 59.0. The fraction of sp³-hybridized carbons (Fsp3) is 0.811. The van der Waals surface area contributed by atoms with Crippen molar-refractivity contribution in [3.05, 3.63) is 35.9 Å². The lowest BCUT2D eigenvalue weighted by Gasteiger charge is -2.51. The maximum absolute atomic E-state index is 14.1. The van der Waals surface area contributed by atoms with Crippen LogP contribution in [0.25, 0.3) is 0 Å². The number of benzene rings is 1. The second-order valence-electron chi connectivity index (χ2n) is 19.6. The molecule has 0 aromatic heterocycles. The van der Waals surface area contributed by atoms with Gasteiger partial charge in [-0.15, -0.1) is 0 Å². The van der Waals surface area contributed by atoms with Gasteiger partial charge in [0.25, 0.3) is 0 Å². The average molecular weight is 931 g/mol. The van der Waals surface area contributed by atoms with Gasteiger partial charge < -0.3 is 35.4 Å². The van der Waals surface area contributed by atoms with Crippen LogP contribution in [0.4, 0.5) is 4.79 Å². The van der Waals surface area contributed by atoms with Crippen molar-refractivity contribution in [3.8, 4) is 0 Å². The van der Waals surface area contributed by atoms with Gasteiger partial charge in [0, 0.05) is 19.4 Å². The van der Waals surface area contributed by atoms with E-state index >= 15 is 0 Å². The minimum atomic E-state index is -2.22. The molecule has 3 amide bonds. The van der Waals surface area contributed by atoms with Crippen LogP contribution < -0.4 is 16.4 Å². The molecule has 0 saturated carbocycles. The molecule has 66 heavy (non-hydrogen) atoms. The summed E-state index contributed by atoms with van der Waals surface area (Å²) in [7, 11) is 0. The van der Waals surface area contributed by atoms with E-state index in [4.69, 9.17) is 15.2 Å². The highest BCUT2D eigenvalue weighted by Gasteiger charge is 2.56. The molecule has 380 valence electrons. The van der Waals surface area contributed by atoms with E-state index in [1.54, 1.807) is 0 Å². The first-order valence-corrected chi connectivity index (χ1v) is 26.4. The standard InChI is InChI=1S/C53H94N4O9/c1-6-8-10-12-14-16-17-18-19-20-21-22-24-26-28-33-37-57(47(59)36-32-27-25-23-15-13-11-9-7-2)53(54)50(62)49(61)48(60)46(66-53)39-45(58)44(38-41(3)4)56-51(63)42(5)55-52(64)65-40-43-34-30-29-31-35-43/h29-31,34-35,41-42,44,46,48-50,60-62H,6-28,32-33,36-40,54H2,1-5H3,(H,55,64)(H,56,63)/t42-,44+,46-,48-,49+,50-,53+/m1/s1. The number of carbonyl (C=O) groups excluding carboxylic acids is 4. The predicted octanol–water partition coefficient (Wildman–Crippen LogP) is 9.90. The normalized spacial score (nSPS) is 20.5. The van der Waals surface area contributed by atoms with Crippen molar-refractivity contribution in [1.29, 1.82) is 0 Å². The first-order valence-electron chi connectivity index (χ1n) is 26.4. The number of alkyl carbamates (subject to hydrolysis) is 1. The third-order valence-corrected chi connectivity index (χ3v) is 13.0. The monoisotopic (exact) mass is 931 g/mol. The van der Waals surface area contributed by atoms with Gasteiger partial charge in [-0.25, -0.2) is 4.79 Å². The highest BCUT2D eigenvalue weighted by atomic mass is 16.6. The quantitative estimate of drug-likeness (QED) is 0.0274. The van der Waals surface area contributed by atoms with Gasteiger partial charge in [-0.3, -0.25) is 25.0 Å². The Morgan fingerprint density at radius 2 is 1.15 bits per heavy atom. The summed E-state index contributed by atoms with van der Waals surface area (Å²) in [5, 5.41) is 39.1. The molecule has 1 aliphatic heterocycles. The number of nitrogens with one attached hydrogen (secondary N) is 2. The third kappa shape index (κ3) is 23.8. The van der Waals surface area contributed by atoms with Gasteiger partial charge in [-0.1, -0.05) is 206 Å². The molecule has 0 bridgehead atoms. The highest BCUT2D eigenvalue weighted by molar-refractivity contribution is 5.92. The van der Waals surface area contributed by atoms with Crippen LogP contribution in [0.3, 0.4) is 0 Å². The number of amides is 3. The topological polar surface area (TPSA) is 201 Å².